The Kier molecular flexibility index (Phi) is 5.43. The lowest BCUT2D eigenvalue weighted by Crippen LogP contribution is -2.09. The summed E-state index contributed by atoms with van der Waals surface area (Å²) in [4.78, 5) is 37.6. The zero-order valence-corrected chi connectivity index (χ0v) is 18.1. The third kappa shape index (κ3) is 3.95. The molecule has 168 valence electrons. The van der Waals surface area contributed by atoms with Gasteiger partial charge in [-0.1, -0.05) is 30.3 Å². The van der Waals surface area contributed by atoms with E-state index < -0.39 is 17.2 Å². The minimum atomic E-state index is -0.656. The molecule has 0 aliphatic carbocycles. The molecule has 34 heavy (non-hydrogen) atoms. The summed E-state index contributed by atoms with van der Waals surface area (Å²) in [6.45, 7) is 2.26. The molecule has 0 atom stereocenters. The highest BCUT2D eigenvalue weighted by Gasteiger charge is 2.17. The van der Waals surface area contributed by atoms with Gasteiger partial charge < -0.3 is 18.3 Å². The molecule has 7 heteroatoms. The Labute approximate surface area is 192 Å². The van der Waals surface area contributed by atoms with E-state index in [4.69, 9.17) is 18.3 Å². The number of carbonyl (C=O) groups excluding carboxylic acids is 1. The molecular weight excluding hydrogens is 436 g/mol. The molecule has 0 aliphatic heterocycles. The van der Waals surface area contributed by atoms with Gasteiger partial charge in [0.05, 0.1) is 17.7 Å². The molecule has 3 aromatic carbocycles. The molecule has 0 aliphatic rings. The van der Waals surface area contributed by atoms with E-state index in [1.165, 1.54) is 12.1 Å². The van der Waals surface area contributed by atoms with Gasteiger partial charge >= 0.3 is 17.2 Å². The number of carbonyl (C=O) groups is 1. The van der Waals surface area contributed by atoms with Crippen molar-refractivity contribution >= 4 is 27.9 Å². The average molecular weight is 454 g/mol. The second kappa shape index (κ2) is 8.71. The second-order valence-corrected chi connectivity index (χ2v) is 7.45. The van der Waals surface area contributed by atoms with Crippen LogP contribution in [-0.2, 0) is 0 Å². The van der Waals surface area contributed by atoms with E-state index in [2.05, 4.69) is 0 Å². The van der Waals surface area contributed by atoms with E-state index in [-0.39, 0.29) is 16.9 Å². The standard InChI is InChI=1S/C27H18O7/c1-2-31-22-10-6-9-17-13-21(27(30)34-25(17)22)20-15-24(28)33-23-14-18(11-12-19(20)23)32-26(29)16-7-4-3-5-8-16/h3-15H,2H2,1H3. The number of ether oxygens (including phenoxy) is 2. The third-order valence-corrected chi connectivity index (χ3v) is 5.25. The molecule has 0 amide bonds. The number of benzene rings is 3. The maximum absolute atomic E-state index is 12.9. The zero-order chi connectivity index (χ0) is 23.7. The maximum atomic E-state index is 12.9. The third-order valence-electron chi connectivity index (χ3n) is 5.25. The fraction of sp³-hybridized carbons (Fsp3) is 0.0741. The van der Waals surface area contributed by atoms with Crippen LogP contribution in [0.4, 0.5) is 0 Å². The normalized spacial score (nSPS) is 11.0. The van der Waals surface area contributed by atoms with Gasteiger partial charge in [0.15, 0.2) is 11.3 Å². The second-order valence-electron chi connectivity index (χ2n) is 7.45. The summed E-state index contributed by atoms with van der Waals surface area (Å²) in [5.41, 5.74) is 0.169. The molecule has 0 spiro atoms. The van der Waals surface area contributed by atoms with Gasteiger partial charge in [0.2, 0.25) is 0 Å². The fourth-order valence-electron chi connectivity index (χ4n) is 3.74. The number of fused-ring (bicyclic) bond motifs is 2. The predicted molar refractivity (Wildman–Crippen MR) is 127 cm³/mol. The Balaban J connectivity index is 1.60. The van der Waals surface area contributed by atoms with Gasteiger partial charge in [0.25, 0.3) is 0 Å². The fourth-order valence-corrected chi connectivity index (χ4v) is 3.74. The molecule has 0 unspecified atom stereocenters. The van der Waals surface area contributed by atoms with Crippen LogP contribution in [0.3, 0.4) is 0 Å². The Morgan fingerprint density at radius 3 is 2.47 bits per heavy atom. The van der Waals surface area contributed by atoms with Crippen molar-refractivity contribution in [1.29, 1.82) is 0 Å². The maximum Gasteiger partial charge on any atom is 0.344 e. The number of rotatable bonds is 5. The summed E-state index contributed by atoms with van der Waals surface area (Å²) < 4.78 is 21.9. The number of esters is 1. The first-order valence-electron chi connectivity index (χ1n) is 10.6. The van der Waals surface area contributed by atoms with Crippen molar-refractivity contribution in [1.82, 2.24) is 0 Å². The Morgan fingerprint density at radius 2 is 1.68 bits per heavy atom. The molecule has 0 fully saturated rings. The van der Waals surface area contributed by atoms with E-state index in [0.29, 0.717) is 39.8 Å². The SMILES string of the molecule is CCOc1cccc2cc(-c3cc(=O)oc4cc(OC(=O)c5ccccc5)ccc34)c(=O)oc12. The van der Waals surface area contributed by atoms with Crippen LogP contribution in [0, 0.1) is 0 Å². The van der Waals surface area contributed by atoms with E-state index in [0.717, 1.165) is 0 Å². The largest absolute Gasteiger partial charge is 0.490 e. The first-order valence-corrected chi connectivity index (χ1v) is 10.6. The van der Waals surface area contributed by atoms with Crippen LogP contribution in [0.25, 0.3) is 33.1 Å². The van der Waals surface area contributed by atoms with Crippen LogP contribution in [0.5, 0.6) is 11.5 Å². The molecule has 0 radical (unpaired) electrons. The lowest BCUT2D eigenvalue weighted by Gasteiger charge is -2.09. The Hall–Kier alpha value is -4.65. The topological polar surface area (TPSA) is 96.0 Å². The van der Waals surface area contributed by atoms with Gasteiger partial charge in [-0.3, -0.25) is 0 Å². The van der Waals surface area contributed by atoms with E-state index >= 15 is 0 Å². The average Bonchev–Trinajstić information content (AvgIpc) is 2.84. The molecule has 5 rings (SSSR count). The first-order chi connectivity index (χ1) is 16.5. The number of para-hydroxylation sites is 1. The Bertz CT molecular complexity index is 1650. The molecule has 0 bridgehead atoms. The zero-order valence-electron chi connectivity index (χ0n) is 18.1. The molecular formula is C27H18O7. The molecule has 2 heterocycles. The highest BCUT2D eigenvalue weighted by Crippen LogP contribution is 2.32. The minimum absolute atomic E-state index is 0.170. The molecule has 5 aromatic rings. The predicted octanol–water partition coefficient (Wildman–Crippen LogP) is 5.18. The van der Waals surface area contributed by atoms with Gasteiger partial charge in [-0.15, -0.1) is 0 Å². The van der Waals surface area contributed by atoms with Gasteiger partial charge in [-0.25, -0.2) is 14.4 Å². The summed E-state index contributed by atoms with van der Waals surface area (Å²) in [6.07, 6.45) is 0. The number of hydrogen-bond donors (Lipinski definition) is 0. The van der Waals surface area contributed by atoms with Crippen LogP contribution in [0.1, 0.15) is 17.3 Å². The summed E-state index contributed by atoms with van der Waals surface area (Å²) >= 11 is 0. The highest BCUT2D eigenvalue weighted by atomic mass is 16.5. The van der Waals surface area contributed by atoms with Gasteiger partial charge in [-0.2, -0.15) is 0 Å². The van der Waals surface area contributed by atoms with Crippen LogP contribution in [0.2, 0.25) is 0 Å². The van der Waals surface area contributed by atoms with E-state index in [1.54, 1.807) is 66.7 Å². The van der Waals surface area contributed by atoms with Crippen LogP contribution >= 0.6 is 0 Å². The van der Waals surface area contributed by atoms with Gasteiger partial charge in [0, 0.05) is 28.5 Å². The van der Waals surface area contributed by atoms with Crippen LogP contribution < -0.4 is 20.7 Å². The van der Waals surface area contributed by atoms with Crippen molar-refractivity contribution in [3.63, 3.8) is 0 Å². The van der Waals surface area contributed by atoms with Crippen molar-refractivity contribution in [2.45, 2.75) is 6.92 Å². The highest BCUT2D eigenvalue weighted by molar-refractivity contribution is 5.97. The monoisotopic (exact) mass is 454 g/mol. The van der Waals surface area contributed by atoms with Gasteiger partial charge in [-0.05, 0) is 43.3 Å². The smallest absolute Gasteiger partial charge is 0.344 e. The summed E-state index contributed by atoms with van der Waals surface area (Å²) in [5.74, 6) is 0.123. The molecule has 0 N–H and O–H groups in total. The Morgan fingerprint density at radius 1 is 0.853 bits per heavy atom. The van der Waals surface area contributed by atoms with Gasteiger partial charge in [0.1, 0.15) is 11.3 Å². The van der Waals surface area contributed by atoms with Crippen molar-refractivity contribution < 1.29 is 23.1 Å². The van der Waals surface area contributed by atoms with E-state index in [1.807, 2.05) is 6.92 Å². The van der Waals surface area contributed by atoms with Crippen LogP contribution in [-0.4, -0.2) is 12.6 Å². The molecule has 0 saturated carbocycles. The molecule has 7 nitrogen and oxygen atoms in total. The lowest BCUT2D eigenvalue weighted by atomic mass is 10.0. The van der Waals surface area contributed by atoms with E-state index in [9.17, 15) is 14.4 Å². The molecule has 0 saturated heterocycles. The van der Waals surface area contributed by atoms with Crippen LogP contribution in [0.15, 0.2) is 97.3 Å². The summed E-state index contributed by atoms with van der Waals surface area (Å²) in [7, 11) is 0. The van der Waals surface area contributed by atoms with Crippen molar-refractivity contribution in [3.05, 3.63) is 105 Å². The summed E-state index contributed by atoms with van der Waals surface area (Å²) in [5, 5.41) is 1.14. The first kappa shape index (κ1) is 21.2. The summed E-state index contributed by atoms with van der Waals surface area (Å²) in [6, 6.07) is 21.4. The van der Waals surface area contributed by atoms with Crippen molar-refractivity contribution in [2.24, 2.45) is 0 Å². The van der Waals surface area contributed by atoms with Crippen molar-refractivity contribution in [2.75, 3.05) is 6.61 Å². The lowest BCUT2D eigenvalue weighted by molar-refractivity contribution is 0.0735. The molecule has 2 aromatic heterocycles. The number of hydrogen-bond acceptors (Lipinski definition) is 7. The van der Waals surface area contributed by atoms with Crippen molar-refractivity contribution in [3.8, 4) is 22.6 Å². The minimum Gasteiger partial charge on any atom is -0.490 e. The quantitative estimate of drug-likeness (QED) is 0.205.